The molecule has 2 rings (SSSR count). The summed E-state index contributed by atoms with van der Waals surface area (Å²) in [5.41, 5.74) is 0.00839. The van der Waals surface area contributed by atoms with E-state index in [0.717, 1.165) is 0 Å². The summed E-state index contributed by atoms with van der Waals surface area (Å²) in [7, 11) is -4.05. The molecule has 1 saturated heterocycles. The van der Waals surface area contributed by atoms with Crippen LogP contribution in [0, 0.1) is 5.41 Å². The third kappa shape index (κ3) is 2.74. The Hall–Kier alpha value is -0.0900. The van der Waals surface area contributed by atoms with Crippen molar-refractivity contribution in [3.63, 3.8) is 0 Å². The molecule has 0 bridgehead atoms. The lowest BCUT2D eigenvalue weighted by Gasteiger charge is -2.40. The minimum atomic E-state index is -4.05. The zero-order chi connectivity index (χ0) is 13.6. The van der Waals surface area contributed by atoms with Gasteiger partial charge < -0.3 is 4.89 Å². The van der Waals surface area contributed by atoms with Crippen molar-refractivity contribution in [3.8, 4) is 0 Å². The number of phosphoric acid groups is 1. The number of benzene rings is 1. The molecule has 7 heteroatoms. The van der Waals surface area contributed by atoms with Crippen molar-refractivity contribution in [2.45, 2.75) is 20.0 Å². The zero-order valence-electron chi connectivity index (χ0n) is 9.89. The van der Waals surface area contributed by atoms with Crippen LogP contribution in [-0.2, 0) is 13.6 Å². The van der Waals surface area contributed by atoms with Crippen LogP contribution in [0.4, 0.5) is 0 Å². The molecule has 0 amide bonds. The number of hydrogen-bond acceptors (Lipinski definition) is 3. The van der Waals surface area contributed by atoms with Crippen molar-refractivity contribution in [2.75, 3.05) is 6.61 Å². The van der Waals surface area contributed by atoms with Gasteiger partial charge in [-0.1, -0.05) is 43.1 Å². The summed E-state index contributed by atoms with van der Waals surface area (Å²) in [5.74, 6) is 0. The Labute approximate surface area is 115 Å². The van der Waals surface area contributed by atoms with Gasteiger partial charge in [0, 0.05) is 21.0 Å². The molecule has 2 atom stereocenters. The maximum Gasteiger partial charge on any atom is 0.472 e. The minimum absolute atomic E-state index is 0.0903. The van der Waals surface area contributed by atoms with Crippen molar-refractivity contribution < 1.29 is 18.5 Å². The van der Waals surface area contributed by atoms with Gasteiger partial charge in [0.2, 0.25) is 0 Å². The average Bonchev–Trinajstić information content (AvgIpc) is 2.23. The van der Waals surface area contributed by atoms with Crippen LogP contribution < -0.4 is 0 Å². The highest BCUT2D eigenvalue weighted by atomic mass is 35.5. The van der Waals surface area contributed by atoms with Crippen LogP contribution in [0.5, 0.6) is 0 Å². The van der Waals surface area contributed by atoms with Crippen molar-refractivity contribution in [1.29, 1.82) is 0 Å². The molecule has 1 aliphatic rings. The summed E-state index contributed by atoms with van der Waals surface area (Å²) in [6, 6.07) is 5.04. The molecule has 1 N–H and O–H groups in total. The molecule has 4 nitrogen and oxygen atoms in total. The van der Waals surface area contributed by atoms with E-state index in [9.17, 15) is 9.46 Å². The highest BCUT2D eigenvalue weighted by molar-refractivity contribution is 7.47. The topological polar surface area (TPSA) is 55.8 Å². The van der Waals surface area contributed by atoms with Gasteiger partial charge in [0.15, 0.2) is 0 Å². The standard InChI is InChI=1S/C11H13Cl2O4P/c1-11(2)6-16-18(14,15)17-10(11)9-7(12)4-3-5-8(9)13/h3-5,10H,6H2,1-2H3,(H,14,15). The van der Waals surface area contributed by atoms with E-state index in [0.29, 0.717) is 15.6 Å². The third-order valence-electron chi connectivity index (χ3n) is 2.81. The molecule has 0 spiro atoms. The van der Waals surface area contributed by atoms with Crippen molar-refractivity contribution in [2.24, 2.45) is 5.41 Å². The fourth-order valence-corrected chi connectivity index (χ4v) is 3.64. The van der Waals surface area contributed by atoms with Crippen LogP contribution in [0.25, 0.3) is 0 Å². The van der Waals surface area contributed by atoms with Crippen LogP contribution >= 0.6 is 31.0 Å². The van der Waals surface area contributed by atoms with Crippen LogP contribution in [0.2, 0.25) is 10.0 Å². The fraction of sp³-hybridized carbons (Fsp3) is 0.455. The first-order chi connectivity index (χ1) is 8.23. The van der Waals surface area contributed by atoms with E-state index >= 15 is 0 Å². The molecule has 1 aromatic rings. The smallest absolute Gasteiger partial charge is 0.302 e. The number of hydrogen-bond donors (Lipinski definition) is 1. The van der Waals surface area contributed by atoms with Gasteiger partial charge in [0.05, 0.1) is 6.61 Å². The molecule has 100 valence electrons. The second-order valence-corrected chi connectivity index (χ2v) is 7.07. The van der Waals surface area contributed by atoms with E-state index in [1.807, 2.05) is 13.8 Å². The second-order valence-electron chi connectivity index (χ2n) is 4.85. The van der Waals surface area contributed by atoms with E-state index in [1.165, 1.54) is 0 Å². The molecule has 0 saturated carbocycles. The maximum absolute atomic E-state index is 11.6. The zero-order valence-corrected chi connectivity index (χ0v) is 12.3. The minimum Gasteiger partial charge on any atom is -0.302 e. The Kier molecular flexibility index (Phi) is 3.81. The summed E-state index contributed by atoms with van der Waals surface area (Å²) in [4.78, 5) is 9.45. The summed E-state index contributed by atoms with van der Waals surface area (Å²) >= 11 is 12.2. The van der Waals surface area contributed by atoms with Crippen LogP contribution in [-0.4, -0.2) is 11.5 Å². The van der Waals surface area contributed by atoms with Crippen LogP contribution in [0.1, 0.15) is 25.5 Å². The van der Waals surface area contributed by atoms with Crippen molar-refractivity contribution in [3.05, 3.63) is 33.8 Å². The van der Waals surface area contributed by atoms with Gasteiger partial charge >= 0.3 is 7.82 Å². The van der Waals surface area contributed by atoms with E-state index in [2.05, 4.69) is 0 Å². The first-order valence-corrected chi connectivity index (χ1v) is 7.58. The van der Waals surface area contributed by atoms with E-state index < -0.39 is 19.3 Å². The fourth-order valence-electron chi connectivity index (χ4n) is 1.83. The maximum atomic E-state index is 11.6. The third-order valence-corrected chi connectivity index (χ3v) is 4.40. The summed E-state index contributed by atoms with van der Waals surface area (Å²) in [5, 5.41) is 0.810. The molecule has 1 heterocycles. The average molecular weight is 311 g/mol. The van der Waals surface area contributed by atoms with E-state index in [-0.39, 0.29) is 6.61 Å². The Bertz CT molecular complexity index is 498. The molecule has 1 fully saturated rings. The van der Waals surface area contributed by atoms with Gasteiger partial charge in [-0.15, -0.1) is 0 Å². The lowest BCUT2D eigenvalue weighted by atomic mass is 9.83. The largest absolute Gasteiger partial charge is 0.472 e. The van der Waals surface area contributed by atoms with Crippen LogP contribution in [0.15, 0.2) is 18.2 Å². The summed E-state index contributed by atoms with van der Waals surface area (Å²) < 4.78 is 21.5. The van der Waals surface area contributed by atoms with Crippen LogP contribution in [0.3, 0.4) is 0 Å². The normalized spacial score (nSPS) is 31.3. The molecule has 1 aliphatic heterocycles. The predicted octanol–water partition coefficient (Wildman–Crippen LogP) is 4.21. The number of halogens is 2. The highest BCUT2D eigenvalue weighted by Gasteiger charge is 2.45. The molecule has 18 heavy (non-hydrogen) atoms. The van der Waals surface area contributed by atoms with Gasteiger partial charge in [0.25, 0.3) is 0 Å². The first kappa shape index (κ1) is 14.3. The molecular formula is C11H13Cl2O4P. The summed E-state index contributed by atoms with van der Waals surface area (Å²) in [6.07, 6.45) is -0.691. The molecule has 0 radical (unpaired) electrons. The molecule has 0 aliphatic carbocycles. The number of phosphoric ester groups is 1. The van der Waals surface area contributed by atoms with E-state index in [4.69, 9.17) is 32.2 Å². The van der Waals surface area contributed by atoms with Gasteiger partial charge in [-0.05, 0) is 12.1 Å². The molecule has 2 unspecified atom stereocenters. The second kappa shape index (κ2) is 4.78. The van der Waals surface area contributed by atoms with Gasteiger partial charge in [-0.2, -0.15) is 0 Å². The quantitative estimate of drug-likeness (QED) is 0.789. The van der Waals surface area contributed by atoms with E-state index in [1.54, 1.807) is 18.2 Å². The molecule has 1 aromatic carbocycles. The SMILES string of the molecule is CC1(C)COP(=O)(O)OC1c1c(Cl)cccc1Cl. The lowest BCUT2D eigenvalue weighted by Crippen LogP contribution is -2.33. The Morgan fingerprint density at radius 1 is 1.39 bits per heavy atom. The monoisotopic (exact) mass is 310 g/mol. The summed E-state index contributed by atoms with van der Waals surface area (Å²) in [6.45, 7) is 3.81. The van der Waals surface area contributed by atoms with Gasteiger partial charge in [0.1, 0.15) is 6.10 Å². The lowest BCUT2D eigenvalue weighted by molar-refractivity contribution is -0.0471. The van der Waals surface area contributed by atoms with Crippen molar-refractivity contribution in [1.82, 2.24) is 0 Å². The predicted molar refractivity (Wildman–Crippen MR) is 69.8 cm³/mol. The van der Waals surface area contributed by atoms with Gasteiger partial charge in [-0.3, -0.25) is 9.05 Å². The van der Waals surface area contributed by atoms with Gasteiger partial charge in [-0.25, -0.2) is 4.57 Å². The molecular weight excluding hydrogens is 298 g/mol. The van der Waals surface area contributed by atoms with Crippen molar-refractivity contribution >= 4 is 31.0 Å². The Morgan fingerprint density at radius 2 is 1.94 bits per heavy atom. The Balaban J connectivity index is 2.49. The number of rotatable bonds is 1. The highest BCUT2D eigenvalue weighted by Crippen LogP contribution is 2.59. The Morgan fingerprint density at radius 3 is 2.50 bits per heavy atom. The molecule has 0 aromatic heterocycles. The first-order valence-electron chi connectivity index (χ1n) is 5.32.